The molecule has 0 fully saturated rings. The highest BCUT2D eigenvalue weighted by atomic mass is 32.2. The zero-order valence-corrected chi connectivity index (χ0v) is 14.6. The molecule has 5 nitrogen and oxygen atoms in total. The number of non-ortho nitro benzene ring substituents is 1. The Balaban J connectivity index is 1.98. The van der Waals surface area contributed by atoms with Crippen molar-refractivity contribution in [3.63, 3.8) is 0 Å². The van der Waals surface area contributed by atoms with Crippen molar-refractivity contribution in [2.24, 2.45) is 0 Å². The van der Waals surface area contributed by atoms with Crippen LogP contribution in [-0.4, -0.2) is 16.1 Å². The summed E-state index contributed by atoms with van der Waals surface area (Å²) in [5.74, 6) is -0.348. The maximum Gasteiger partial charge on any atom is 0.319 e. The molecule has 0 saturated carbocycles. The summed E-state index contributed by atoms with van der Waals surface area (Å²) in [6.45, 7) is 5.50. The van der Waals surface area contributed by atoms with Crippen LogP contribution in [0.1, 0.15) is 31.1 Å². The van der Waals surface area contributed by atoms with Gasteiger partial charge in [0, 0.05) is 17.0 Å². The lowest BCUT2D eigenvalue weighted by molar-refractivity contribution is -0.385. The van der Waals surface area contributed by atoms with Gasteiger partial charge in [0.15, 0.2) is 0 Å². The molecule has 0 aromatic heterocycles. The maximum atomic E-state index is 12.2. The molecule has 0 aliphatic carbocycles. The molecule has 0 spiro atoms. The second-order valence-corrected chi connectivity index (χ2v) is 6.92. The first-order valence-corrected chi connectivity index (χ1v) is 8.43. The summed E-state index contributed by atoms with van der Waals surface area (Å²) in [4.78, 5) is 23.6. The van der Waals surface area contributed by atoms with Crippen LogP contribution in [0.5, 0.6) is 0 Å². The van der Waals surface area contributed by atoms with E-state index in [1.165, 1.54) is 23.9 Å². The van der Waals surface area contributed by atoms with Crippen LogP contribution in [0, 0.1) is 17.0 Å². The topological polar surface area (TPSA) is 69.4 Å². The number of hydrogen-bond acceptors (Lipinski definition) is 5. The first-order valence-electron chi connectivity index (χ1n) is 7.55. The van der Waals surface area contributed by atoms with E-state index in [2.05, 4.69) is 0 Å². The number of nitro benzene ring substituents is 1. The Hall–Kier alpha value is -2.34. The van der Waals surface area contributed by atoms with Gasteiger partial charge in [-0.3, -0.25) is 14.9 Å². The van der Waals surface area contributed by atoms with Crippen molar-refractivity contribution in [3.05, 3.63) is 69.8 Å². The zero-order chi connectivity index (χ0) is 17.7. The summed E-state index contributed by atoms with van der Waals surface area (Å²) in [5, 5.41) is 10.5. The van der Waals surface area contributed by atoms with Crippen LogP contribution in [0.15, 0.2) is 53.4 Å². The first kappa shape index (κ1) is 18.0. The van der Waals surface area contributed by atoms with Gasteiger partial charge in [-0.25, -0.2) is 0 Å². The molecule has 0 radical (unpaired) electrons. The summed E-state index contributed by atoms with van der Waals surface area (Å²) < 4.78 is 5.45. The van der Waals surface area contributed by atoms with Crippen molar-refractivity contribution in [1.29, 1.82) is 0 Å². The van der Waals surface area contributed by atoms with E-state index in [1.807, 2.05) is 31.2 Å². The number of thioether (sulfide) groups is 1. The molecule has 2 aromatic carbocycles. The summed E-state index contributed by atoms with van der Waals surface area (Å²) >= 11 is 1.42. The van der Waals surface area contributed by atoms with Gasteiger partial charge in [0.2, 0.25) is 0 Å². The van der Waals surface area contributed by atoms with Crippen LogP contribution in [-0.2, 0) is 9.53 Å². The Kier molecular flexibility index (Phi) is 5.98. The second kappa shape index (κ2) is 7.97. The largest absolute Gasteiger partial charge is 0.457 e. The summed E-state index contributed by atoms with van der Waals surface area (Å²) in [5.41, 5.74) is 1.75. The van der Waals surface area contributed by atoms with Gasteiger partial charge < -0.3 is 4.74 Å². The van der Waals surface area contributed by atoms with E-state index in [9.17, 15) is 14.9 Å². The highest BCUT2D eigenvalue weighted by Crippen LogP contribution is 2.27. The smallest absolute Gasteiger partial charge is 0.319 e. The van der Waals surface area contributed by atoms with Gasteiger partial charge in [-0.15, -0.1) is 11.8 Å². The molecule has 126 valence electrons. The van der Waals surface area contributed by atoms with Gasteiger partial charge in [-0.2, -0.15) is 0 Å². The van der Waals surface area contributed by atoms with Crippen molar-refractivity contribution in [2.75, 3.05) is 0 Å². The third-order valence-corrected chi connectivity index (χ3v) is 4.60. The molecule has 6 heteroatoms. The second-order valence-electron chi connectivity index (χ2n) is 5.50. The predicted molar refractivity (Wildman–Crippen MR) is 94.1 cm³/mol. The standard InChI is InChI=1S/C18H19NO4S/c1-12-7-9-17(10-8-12)24-14(3)18(20)23-13(2)15-5-4-6-16(11-15)19(21)22/h4-11,13-14H,1-3H3/t13-,14+/m1/s1. The van der Waals surface area contributed by atoms with Crippen molar-refractivity contribution in [1.82, 2.24) is 0 Å². The van der Waals surface area contributed by atoms with E-state index in [0.29, 0.717) is 5.56 Å². The van der Waals surface area contributed by atoms with Crippen LogP contribution in [0.4, 0.5) is 5.69 Å². The number of carbonyl (C=O) groups excluding carboxylic acids is 1. The lowest BCUT2D eigenvalue weighted by atomic mass is 10.1. The normalized spacial score (nSPS) is 13.1. The molecule has 0 aliphatic rings. The Bertz CT molecular complexity index is 730. The fourth-order valence-corrected chi connectivity index (χ4v) is 2.95. The quantitative estimate of drug-likeness (QED) is 0.329. The minimum absolute atomic E-state index is 0.0162. The average molecular weight is 345 g/mol. The highest BCUT2D eigenvalue weighted by Gasteiger charge is 2.20. The fraction of sp³-hybridized carbons (Fsp3) is 0.278. The number of hydrogen-bond donors (Lipinski definition) is 0. The van der Waals surface area contributed by atoms with Crippen molar-refractivity contribution in [2.45, 2.75) is 37.0 Å². The van der Waals surface area contributed by atoms with Crippen LogP contribution in [0.3, 0.4) is 0 Å². The average Bonchev–Trinajstić information content (AvgIpc) is 2.56. The molecule has 0 N–H and O–H groups in total. The number of aryl methyl sites for hydroxylation is 1. The molecule has 0 saturated heterocycles. The number of esters is 1. The number of benzene rings is 2. The van der Waals surface area contributed by atoms with E-state index >= 15 is 0 Å². The van der Waals surface area contributed by atoms with Gasteiger partial charge in [0.05, 0.1) is 4.92 Å². The predicted octanol–water partition coefficient (Wildman–Crippen LogP) is 4.69. The van der Waals surface area contributed by atoms with Gasteiger partial charge >= 0.3 is 5.97 Å². The number of ether oxygens (including phenoxy) is 1. The first-order chi connectivity index (χ1) is 11.4. The van der Waals surface area contributed by atoms with E-state index in [4.69, 9.17) is 4.74 Å². The van der Waals surface area contributed by atoms with E-state index in [-0.39, 0.29) is 16.9 Å². The Morgan fingerprint density at radius 1 is 1.17 bits per heavy atom. The maximum absolute atomic E-state index is 12.2. The Labute approximate surface area is 145 Å². The highest BCUT2D eigenvalue weighted by molar-refractivity contribution is 8.00. The van der Waals surface area contributed by atoms with E-state index < -0.39 is 11.0 Å². The molecular formula is C18H19NO4S. The lowest BCUT2D eigenvalue weighted by Crippen LogP contribution is -2.18. The minimum atomic E-state index is -0.543. The molecule has 0 amide bonds. The van der Waals surface area contributed by atoms with E-state index in [1.54, 1.807) is 26.0 Å². The van der Waals surface area contributed by atoms with Gasteiger partial charge in [-0.05, 0) is 38.5 Å². The third-order valence-electron chi connectivity index (χ3n) is 3.51. The molecule has 2 rings (SSSR count). The molecule has 2 aromatic rings. The molecule has 0 bridgehead atoms. The van der Waals surface area contributed by atoms with Gasteiger partial charge in [0.1, 0.15) is 11.4 Å². The minimum Gasteiger partial charge on any atom is -0.457 e. The molecule has 24 heavy (non-hydrogen) atoms. The number of nitro groups is 1. The Morgan fingerprint density at radius 2 is 1.83 bits per heavy atom. The van der Waals surface area contributed by atoms with Crippen LogP contribution in [0.2, 0.25) is 0 Å². The molecule has 0 aliphatic heterocycles. The number of nitrogens with zero attached hydrogens (tertiary/aromatic N) is 1. The van der Waals surface area contributed by atoms with Crippen LogP contribution >= 0.6 is 11.8 Å². The van der Waals surface area contributed by atoms with Crippen molar-refractivity contribution in [3.8, 4) is 0 Å². The third kappa shape index (κ3) is 4.83. The van der Waals surface area contributed by atoms with Gasteiger partial charge in [-0.1, -0.05) is 29.8 Å². The van der Waals surface area contributed by atoms with Gasteiger partial charge in [0.25, 0.3) is 5.69 Å². The van der Waals surface area contributed by atoms with Crippen LogP contribution < -0.4 is 0 Å². The van der Waals surface area contributed by atoms with E-state index in [0.717, 1.165) is 10.5 Å². The van der Waals surface area contributed by atoms with Crippen molar-refractivity contribution >= 4 is 23.4 Å². The Morgan fingerprint density at radius 3 is 2.46 bits per heavy atom. The molecule has 0 heterocycles. The summed E-state index contributed by atoms with van der Waals surface area (Å²) in [6.07, 6.45) is -0.543. The lowest BCUT2D eigenvalue weighted by Gasteiger charge is -2.17. The van der Waals surface area contributed by atoms with Crippen molar-refractivity contribution < 1.29 is 14.5 Å². The molecule has 2 atom stereocenters. The van der Waals surface area contributed by atoms with Crippen LogP contribution in [0.25, 0.3) is 0 Å². The summed E-state index contributed by atoms with van der Waals surface area (Å²) in [7, 11) is 0. The summed E-state index contributed by atoms with van der Waals surface area (Å²) in [6, 6.07) is 14.1. The number of carbonyl (C=O) groups is 1. The molecular weight excluding hydrogens is 326 g/mol. The monoisotopic (exact) mass is 345 g/mol. The zero-order valence-electron chi connectivity index (χ0n) is 13.8. The number of rotatable bonds is 6. The molecule has 0 unspecified atom stereocenters. The SMILES string of the molecule is Cc1ccc(S[C@@H](C)C(=O)O[C@H](C)c2cccc([N+](=O)[O-])c2)cc1. The fourth-order valence-electron chi connectivity index (χ4n) is 2.10.